The second-order valence-corrected chi connectivity index (χ2v) is 7.04. The number of nitrogens with zero attached hydrogens (tertiary/aromatic N) is 2. The number of halogens is 1. The minimum absolute atomic E-state index is 0. The monoisotopic (exact) mass is 313 g/mol. The largest absolute Gasteiger partial charge is 0.379 e. The van der Waals surface area contributed by atoms with E-state index in [1.807, 2.05) is 6.92 Å². The lowest BCUT2D eigenvalue weighted by Gasteiger charge is -2.37. The van der Waals surface area contributed by atoms with E-state index in [4.69, 9.17) is 10.5 Å². The van der Waals surface area contributed by atoms with Crippen molar-refractivity contribution in [1.29, 1.82) is 0 Å². The Hall–Kier alpha value is 0.0800. The smallest absolute Gasteiger partial charge is 0.282 e. The SMILES string of the molecule is CC(N)C1CCN(S(=O)(=O)N2CCOCC2)CC1.Cl. The summed E-state index contributed by atoms with van der Waals surface area (Å²) in [5.74, 6) is 0.445. The Bertz CT molecular complexity index is 363. The first-order chi connectivity index (χ1) is 8.51. The van der Waals surface area contributed by atoms with Crippen molar-refractivity contribution in [2.45, 2.75) is 25.8 Å². The maximum atomic E-state index is 12.4. The minimum atomic E-state index is -3.29. The Kier molecular flexibility index (Phi) is 6.49. The van der Waals surface area contributed by atoms with E-state index in [0.29, 0.717) is 45.3 Å². The lowest BCUT2D eigenvalue weighted by molar-refractivity contribution is 0.0692. The second-order valence-electron chi connectivity index (χ2n) is 5.11. The van der Waals surface area contributed by atoms with Gasteiger partial charge in [0.1, 0.15) is 0 Å². The van der Waals surface area contributed by atoms with Gasteiger partial charge in [-0.25, -0.2) is 0 Å². The van der Waals surface area contributed by atoms with Crippen LogP contribution in [0.3, 0.4) is 0 Å². The molecule has 1 atom stereocenters. The molecule has 0 aromatic rings. The fraction of sp³-hybridized carbons (Fsp3) is 1.00. The van der Waals surface area contributed by atoms with Gasteiger partial charge in [0.15, 0.2) is 0 Å². The quantitative estimate of drug-likeness (QED) is 0.798. The molecule has 0 aromatic carbocycles. The molecule has 6 nitrogen and oxygen atoms in total. The van der Waals surface area contributed by atoms with Crippen molar-refractivity contribution in [3.05, 3.63) is 0 Å². The van der Waals surface area contributed by atoms with Crippen LogP contribution in [-0.4, -0.2) is 62.5 Å². The van der Waals surface area contributed by atoms with Crippen LogP contribution < -0.4 is 5.73 Å². The molecule has 1 unspecified atom stereocenters. The molecule has 2 fully saturated rings. The summed E-state index contributed by atoms with van der Waals surface area (Å²) in [6, 6.07) is 0.151. The molecule has 2 aliphatic heterocycles. The molecule has 2 heterocycles. The zero-order valence-electron chi connectivity index (χ0n) is 11.3. The molecule has 8 heteroatoms. The highest BCUT2D eigenvalue weighted by Crippen LogP contribution is 2.23. The van der Waals surface area contributed by atoms with E-state index in [1.165, 1.54) is 4.31 Å². The Morgan fingerprint density at radius 1 is 1.11 bits per heavy atom. The van der Waals surface area contributed by atoms with E-state index in [1.54, 1.807) is 4.31 Å². The number of nitrogens with two attached hydrogens (primary N) is 1. The molecule has 0 aromatic heterocycles. The van der Waals surface area contributed by atoms with Crippen molar-refractivity contribution in [2.75, 3.05) is 39.4 Å². The topological polar surface area (TPSA) is 75.9 Å². The fourth-order valence-corrected chi connectivity index (χ4v) is 4.18. The fourth-order valence-electron chi connectivity index (χ4n) is 2.57. The molecular weight excluding hydrogens is 290 g/mol. The molecule has 19 heavy (non-hydrogen) atoms. The summed E-state index contributed by atoms with van der Waals surface area (Å²) in [6.07, 6.45) is 1.72. The second kappa shape index (κ2) is 7.19. The number of hydrogen-bond acceptors (Lipinski definition) is 4. The Morgan fingerprint density at radius 3 is 2.05 bits per heavy atom. The molecule has 2 rings (SSSR count). The van der Waals surface area contributed by atoms with E-state index < -0.39 is 10.2 Å². The van der Waals surface area contributed by atoms with E-state index in [-0.39, 0.29) is 18.4 Å². The van der Waals surface area contributed by atoms with Crippen LogP contribution in [0.15, 0.2) is 0 Å². The lowest BCUT2D eigenvalue weighted by Crippen LogP contribution is -2.51. The molecule has 0 radical (unpaired) electrons. The number of morpholine rings is 1. The zero-order valence-corrected chi connectivity index (χ0v) is 13.0. The van der Waals surface area contributed by atoms with Gasteiger partial charge in [0.25, 0.3) is 10.2 Å². The Morgan fingerprint density at radius 2 is 1.58 bits per heavy atom. The van der Waals surface area contributed by atoms with Gasteiger partial charge in [0.2, 0.25) is 0 Å². The lowest BCUT2D eigenvalue weighted by atomic mass is 9.92. The van der Waals surface area contributed by atoms with Gasteiger partial charge in [0, 0.05) is 32.2 Å². The number of piperidine rings is 1. The van der Waals surface area contributed by atoms with Crippen molar-refractivity contribution in [3.63, 3.8) is 0 Å². The van der Waals surface area contributed by atoms with Gasteiger partial charge in [-0.05, 0) is 25.7 Å². The van der Waals surface area contributed by atoms with Crippen LogP contribution in [0.5, 0.6) is 0 Å². The van der Waals surface area contributed by atoms with Crippen molar-refractivity contribution < 1.29 is 13.2 Å². The predicted molar refractivity (Wildman–Crippen MR) is 76.5 cm³/mol. The standard InChI is InChI=1S/C11H23N3O3S.ClH/c1-10(12)11-2-4-13(5-3-11)18(15,16)14-6-8-17-9-7-14;/h10-11H,2-9,12H2,1H3;1H. The highest BCUT2D eigenvalue weighted by atomic mass is 35.5. The molecule has 0 spiro atoms. The van der Waals surface area contributed by atoms with Crippen LogP contribution in [0.25, 0.3) is 0 Å². The molecule has 2 N–H and O–H groups in total. The highest BCUT2D eigenvalue weighted by molar-refractivity contribution is 7.86. The third-order valence-electron chi connectivity index (χ3n) is 3.86. The van der Waals surface area contributed by atoms with Gasteiger partial charge >= 0.3 is 0 Å². The van der Waals surface area contributed by atoms with Crippen molar-refractivity contribution >= 4 is 22.6 Å². The normalized spacial score (nSPS) is 25.8. The maximum Gasteiger partial charge on any atom is 0.282 e. The van der Waals surface area contributed by atoms with E-state index >= 15 is 0 Å². The third kappa shape index (κ3) is 4.03. The highest BCUT2D eigenvalue weighted by Gasteiger charge is 2.34. The van der Waals surface area contributed by atoms with Gasteiger partial charge in [-0.2, -0.15) is 17.0 Å². The molecular formula is C11H24ClN3O3S. The van der Waals surface area contributed by atoms with E-state index in [0.717, 1.165) is 12.8 Å². The molecule has 0 aliphatic carbocycles. The first-order valence-electron chi connectivity index (χ1n) is 6.60. The van der Waals surface area contributed by atoms with Crippen molar-refractivity contribution in [2.24, 2.45) is 11.7 Å². The summed E-state index contributed by atoms with van der Waals surface area (Å²) < 4.78 is 33.1. The molecule has 0 amide bonds. The van der Waals surface area contributed by atoms with Gasteiger partial charge < -0.3 is 10.5 Å². The number of hydrogen-bond donors (Lipinski definition) is 1. The summed E-state index contributed by atoms with van der Waals surface area (Å²) >= 11 is 0. The predicted octanol–water partition coefficient (Wildman–Crippen LogP) is 0.0444. The van der Waals surface area contributed by atoms with Crippen LogP contribution in [0.1, 0.15) is 19.8 Å². The maximum absolute atomic E-state index is 12.4. The van der Waals surface area contributed by atoms with Gasteiger partial charge in [-0.3, -0.25) is 0 Å². The number of rotatable bonds is 3. The Balaban J connectivity index is 0.00000180. The molecule has 0 saturated carbocycles. The summed E-state index contributed by atoms with van der Waals surface area (Å²) in [6.45, 7) is 5.10. The number of ether oxygens (including phenoxy) is 1. The first kappa shape index (κ1) is 17.1. The summed E-state index contributed by atoms with van der Waals surface area (Å²) in [5.41, 5.74) is 5.87. The minimum Gasteiger partial charge on any atom is -0.379 e. The van der Waals surface area contributed by atoms with E-state index in [9.17, 15) is 8.42 Å². The molecule has 0 bridgehead atoms. The summed E-state index contributed by atoms with van der Waals surface area (Å²) in [7, 11) is -3.29. The van der Waals surface area contributed by atoms with Gasteiger partial charge in [-0.15, -0.1) is 12.4 Å². The van der Waals surface area contributed by atoms with Crippen molar-refractivity contribution in [1.82, 2.24) is 8.61 Å². The molecule has 2 saturated heterocycles. The van der Waals surface area contributed by atoms with Crippen LogP contribution in [0.2, 0.25) is 0 Å². The van der Waals surface area contributed by atoms with E-state index in [2.05, 4.69) is 0 Å². The third-order valence-corrected chi connectivity index (χ3v) is 5.90. The Labute approximate surface area is 121 Å². The van der Waals surface area contributed by atoms with Crippen molar-refractivity contribution in [3.8, 4) is 0 Å². The van der Waals surface area contributed by atoms with Crippen LogP contribution in [0.4, 0.5) is 0 Å². The van der Waals surface area contributed by atoms with Crippen LogP contribution in [0, 0.1) is 5.92 Å². The van der Waals surface area contributed by atoms with Crippen LogP contribution in [-0.2, 0) is 14.9 Å². The van der Waals surface area contributed by atoms with Gasteiger partial charge in [-0.1, -0.05) is 0 Å². The zero-order chi connectivity index (χ0) is 13.2. The average molecular weight is 314 g/mol. The van der Waals surface area contributed by atoms with Crippen LogP contribution >= 0.6 is 12.4 Å². The van der Waals surface area contributed by atoms with Gasteiger partial charge in [0.05, 0.1) is 13.2 Å². The molecule has 2 aliphatic rings. The first-order valence-corrected chi connectivity index (χ1v) is 8.00. The summed E-state index contributed by atoms with van der Waals surface area (Å²) in [5, 5.41) is 0. The summed E-state index contributed by atoms with van der Waals surface area (Å²) in [4.78, 5) is 0. The average Bonchev–Trinajstić information content (AvgIpc) is 2.40. The molecule has 114 valence electrons.